The number of hydrogen-bond acceptors (Lipinski definition) is 3. The van der Waals surface area contributed by atoms with Gasteiger partial charge in [-0.25, -0.2) is 0 Å². The number of nitrogens with one attached hydrogen (secondary N) is 1. The van der Waals surface area contributed by atoms with Gasteiger partial charge in [-0.2, -0.15) is 0 Å². The molecule has 0 aromatic carbocycles. The average molecular weight is 291 g/mol. The molecule has 0 saturated heterocycles. The van der Waals surface area contributed by atoms with E-state index in [2.05, 4.69) is 5.32 Å². The molecule has 3 unspecified atom stereocenters. The molecule has 2 saturated carbocycles. The van der Waals surface area contributed by atoms with Crippen LogP contribution in [0.1, 0.15) is 52.4 Å². The third-order valence-corrected chi connectivity index (χ3v) is 4.53. The first-order valence-corrected chi connectivity index (χ1v) is 7.25. The first kappa shape index (κ1) is 16.7. The van der Waals surface area contributed by atoms with Crippen LogP contribution >= 0.6 is 12.4 Å². The van der Waals surface area contributed by atoms with Crippen LogP contribution in [0.3, 0.4) is 0 Å². The van der Waals surface area contributed by atoms with Gasteiger partial charge in [0.15, 0.2) is 0 Å². The molecule has 2 fully saturated rings. The first-order chi connectivity index (χ1) is 8.58. The summed E-state index contributed by atoms with van der Waals surface area (Å²) in [5.41, 5.74) is 5.89. The van der Waals surface area contributed by atoms with Gasteiger partial charge >= 0.3 is 0 Å². The SMILES string of the molecule is CCOC1CC(NC(=O)CC(C)N)C12CCCC2.Cl. The largest absolute Gasteiger partial charge is 0.378 e. The maximum atomic E-state index is 11.8. The summed E-state index contributed by atoms with van der Waals surface area (Å²) in [7, 11) is 0. The van der Waals surface area contributed by atoms with Crippen molar-refractivity contribution in [1.29, 1.82) is 0 Å². The maximum Gasteiger partial charge on any atom is 0.221 e. The van der Waals surface area contributed by atoms with Gasteiger partial charge < -0.3 is 15.8 Å². The molecule has 0 aromatic heterocycles. The van der Waals surface area contributed by atoms with Gasteiger partial charge in [0, 0.05) is 30.5 Å². The second-order valence-electron chi connectivity index (χ2n) is 5.92. The van der Waals surface area contributed by atoms with Crippen molar-refractivity contribution in [3.63, 3.8) is 0 Å². The Balaban J connectivity index is 0.00000180. The molecule has 0 heterocycles. The zero-order valence-corrected chi connectivity index (χ0v) is 12.8. The van der Waals surface area contributed by atoms with Crippen LogP contribution < -0.4 is 11.1 Å². The lowest BCUT2D eigenvalue weighted by Gasteiger charge is -2.54. The number of rotatable bonds is 5. The van der Waals surface area contributed by atoms with E-state index >= 15 is 0 Å². The molecule has 19 heavy (non-hydrogen) atoms. The predicted molar refractivity (Wildman–Crippen MR) is 78.4 cm³/mol. The Hall–Kier alpha value is -0.320. The summed E-state index contributed by atoms with van der Waals surface area (Å²) in [6, 6.07) is 0.245. The summed E-state index contributed by atoms with van der Waals surface area (Å²) in [6.45, 7) is 4.69. The molecule has 0 radical (unpaired) electrons. The molecule has 2 aliphatic rings. The molecule has 0 bridgehead atoms. The zero-order chi connectivity index (χ0) is 13.2. The summed E-state index contributed by atoms with van der Waals surface area (Å²) >= 11 is 0. The minimum atomic E-state index is -0.0627. The van der Waals surface area contributed by atoms with Crippen LogP contribution in [-0.2, 0) is 9.53 Å². The fraction of sp³-hybridized carbons (Fsp3) is 0.929. The van der Waals surface area contributed by atoms with Gasteiger partial charge in [0.2, 0.25) is 5.91 Å². The van der Waals surface area contributed by atoms with Crippen LogP contribution in [0, 0.1) is 5.41 Å². The molecule has 0 aromatic rings. The second kappa shape index (κ2) is 6.91. The summed E-state index contributed by atoms with van der Waals surface area (Å²) in [6.07, 6.45) is 6.67. The Morgan fingerprint density at radius 1 is 1.47 bits per heavy atom. The summed E-state index contributed by atoms with van der Waals surface area (Å²) in [5, 5.41) is 3.17. The molecule has 1 spiro atoms. The molecule has 2 rings (SSSR count). The first-order valence-electron chi connectivity index (χ1n) is 7.25. The zero-order valence-electron chi connectivity index (χ0n) is 12.0. The van der Waals surface area contributed by atoms with Gasteiger partial charge in [0.05, 0.1) is 6.10 Å². The molecule has 5 heteroatoms. The Labute approximate surface area is 122 Å². The predicted octanol–water partition coefficient (Wildman–Crippen LogP) is 2.00. The van der Waals surface area contributed by atoms with E-state index in [1.54, 1.807) is 0 Å². The number of amides is 1. The van der Waals surface area contributed by atoms with Crippen molar-refractivity contribution in [1.82, 2.24) is 5.32 Å². The highest BCUT2D eigenvalue weighted by Gasteiger charge is 2.57. The highest BCUT2D eigenvalue weighted by atomic mass is 35.5. The van der Waals surface area contributed by atoms with Gasteiger partial charge in [-0.1, -0.05) is 12.8 Å². The fourth-order valence-corrected chi connectivity index (χ4v) is 3.63. The highest BCUT2D eigenvalue weighted by molar-refractivity contribution is 5.85. The topological polar surface area (TPSA) is 64.3 Å². The Kier molecular flexibility index (Phi) is 6.09. The van der Waals surface area contributed by atoms with Crippen molar-refractivity contribution in [2.75, 3.05) is 6.61 Å². The molecule has 0 aliphatic heterocycles. The lowest BCUT2D eigenvalue weighted by molar-refractivity contribution is -0.144. The van der Waals surface area contributed by atoms with Gasteiger partial charge in [0.1, 0.15) is 0 Å². The molecule has 112 valence electrons. The van der Waals surface area contributed by atoms with Crippen molar-refractivity contribution in [2.45, 2.75) is 70.6 Å². The minimum absolute atomic E-state index is 0. The van der Waals surface area contributed by atoms with Gasteiger partial charge in [-0.15, -0.1) is 12.4 Å². The third kappa shape index (κ3) is 3.41. The molecular formula is C14H27ClN2O2. The number of carbonyl (C=O) groups excluding carboxylic acids is 1. The Bertz CT molecular complexity index is 304. The van der Waals surface area contributed by atoms with Crippen molar-refractivity contribution >= 4 is 18.3 Å². The smallest absolute Gasteiger partial charge is 0.221 e. The lowest BCUT2D eigenvalue weighted by atomic mass is 9.60. The number of carbonyl (C=O) groups is 1. The second-order valence-corrected chi connectivity index (χ2v) is 5.92. The third-order valence-electron chi connectivity index (χ3n) is 4.53. The van der Waals surface area contributed by atoms with E-state index in [9.17, 15) is 4.79 Å². The van der Waals surface area contributed by atoms with E-state index in [1.165, 1.54) is 25.7 Å². The van der Waals surface area contributed by atoms with Crippen molar-refractivity contribution in [2.24, 2.45) is 11.1 Å². The Morgan fingerprint density at radius 2 is 2.11 bits per heavy atom. The summed E-state index contributed by atoms with van der Waals surface area (Å²) in [5.74, 6) is 0.0937. The van der Waals surface area contributed by atoms with E-state index in [4.69, 9.17) is 10.5 Å². The van der Waals surface area contributed by atoms with Crippen molar-refractivity contribution < 1.29 is 9.53 Å². The van der Waals surface area contributed by atoms with Crippen LogP contribution in [0.4, 0.5) is 0 Å². The number of hydrogen-bond donors (Lipinski definition) is 2. The number of nitrogens with two attached hydrogens (primary N) is 1. The molecule has 4 nitrogen and oxygen atoms in total. The lowest BCUT2D eigenvalue weighted by Crippen LogP contribution is -2.63. The van der Waals surface area contributed by atoms with E-state index < -0.39 is 0 Å². The van der Waals surface area contributed by atoms with Crippen LogP contribution in [0.2, 0.25) is 0 Å². The highest BCUT2D eigenvalue weighted by Crippen LogP contribution is 2.54. The minimum Gasteiger partial charge on any atom is -0.378 e. The number of halogens is 1. The average Bonchev–Trinajstić information content (AvgIpc) is 2.78. The van der Waals surface area contributed by atoms with Crippen LogP contribution in [-0.4, -0.2) is 30.7 Å². The van der Waals surface area contributed by atoms with Crippen LogP contribution in [0.25, 0.3) is 0 Å². The van der Waals surface area contributed by atoms with Crippen LogP contribution in [0.15, 0.2) is 0 Å². The molecule has 1 amide bonds. The van der Waals surface area contributed by atoms with E-state index in [1.807, 2.05) is 13.8 Å². The monoisotopic (exact) mass is 290 g/mol. The maximum absolute atomic E-state index is 11.8. The molecule has 3 N–H and O–H groups in total. The van der Waals surface area contributed by atoms with Crippen molar-refractivity contribution in [3.8, 4) is 0 Å². The van der Waals surface area contributed by atoms with Gasteiger partial charge in [-0.3, -0.25) is 4.79 Å². The van der Waals surface area contributed by atoms with Gasteiger partial charge in [0.25, 0.3) is 0 Å². The van der Waals surface area contributed by atoms with E-state index in [-0.39, 0.29) is 29.8 Å². The normalized spacial score (nSPS) is 29.4. The molecule has 2 aliphatic carbocycles. The van der Waals surface area contributed by atoms with Gasteiger partial charge in [-0.05, 0) is 33.1 Å². The van der Waals surface area contributed by atoms with E-state index in [0.29, 0.717) is 18.6 Å². The summed E-state index contributed by atoms with van der Waals surface area (Å²) in [4.78, 5) is 11.8. The summed E-state index contributed by atoms with van der Waals surface area (Å²) < 4.78 is 5.83. The quantitative estimate of drug-likeness (QED) is 0.814. The molecular weight excluding hydrogens is 264 g/mol. The fourth-order valence-electron chi connectivity index (χ4n) is 3.63. The van der Waals surface area contributed by atoms with Crippen molar-refractivity contribution in [3.05, 3.63) is 0 Å². The number of ether oxygens (including phenoxy) is 1. The standard InChI is InChI=1S/C14H26N2O2.ClH/c1-3-18-12-9-11(14(12)6-4-5-7-14)16-13(17)8-10(2)15;/h10-12H,3-9,15H2,1-2H3,(H,16,17);1H. The van der Waals surface area contributed by atoms with Crippen LogP contribution in [0.5, 0.6) is 0 Å². The van der Waals surface area contributed by atoms with E-state index in [0.717, 1.165) is 13.0 Å². The Morgan fingerprint density at radius 3 is 2.63 bits per heavy atom. The molecule has 3 atom stereocenters.